The zero-order chi connectivity index (χ0) is 16.5. The number of nitrogens with zero attached hydrogens (tertiary/aromatic N) is 1. The molecule has 0 unspecified atom stereocenters. The predicted molar refractivity (Wildman–Crippen MR) is 86.8 cm³/mol. The first-order chi connectivity index (χ1) is 10.2. The van der Waals surface area contributed by atoms with Crippen molar-refractivity contribution in [1.29, 1.82) is 0 Å². The Labute approximate surface area is 129 Å². The highest BCUT2D eigenvalue weighted by Crippen LogP contribution is 2.28. The monoisotopic (exact) mass is 319 g/mol. The van der Waals surface area contributed by atoms with Crippen molar-refractivity contribution in [2.45, 2.75) is 6.92 Å². The second kappa shape index (κ2) is 5.81. The summed E-state index contributed by atoms with van der Waals surface area (Å²) in [5, 5.41) is 9.00. The molecule has 6 heteroatoms. The first kappa shape index (κ1) is 16.0. The second-order valence-electron chi connectivity index (χ2n) is 5.12. The molecule has 0 bridgehead atoms. The summed E-state index contributed by atoms with van der Waals surface area (Å²) in [6, 6.07) is 12.0. The second-order valence-corrected chi connectivity index (χ2v) is 7.13. The van der Waals surface area contributed by atoms with Crippen LogP contribution in [0.15, 0.2) is 42.5 Å². The van der Waals surface area contributed by atoms with Gasteiger partial charge in [-0.3, -0.25) is 4.31 Å². The third-order valence-electron chi connectivity index (χ3n) is 3.49. The van der Waals surface area contributed by atoms with Crippen LogP contribution in [0.1, 0.15) is 15.9 Å². The number of carboxylic acid groups (broad SMARTS) is 1. The summed E-state index contributed by atoms with van der Waals surface area (Å²) < 4.78 is 24.5. The Bertz CT molecular complexity index is 828. The molecule has 2 aromatic rings. The zero-order valence-electron chi connectivity index (χ0n) is 12.6. The minimum absolute atomic E-state index is 0.227. The number of hydrogen-bond donors (Lipinski definition) is 1. The molecule has 22 heavy (non-hydrogen) atoms. The van der Waals surface area contributed by atoms with Crippen LogP contribution < -0.4 is 4.31 Å². The number of hydrogen-bond acceptors (Lipinski definition) is 3. The van der Waals surface area contributed by atoms with E-state index in [0.29, 0.717) is 5.69 Å². The molecule has 2 rings (SSSR count). The van der Waals surface area contributed by atoms with Crippen LogP contribution in [0.5, 0.6) is 0 Å². The fourth-order valence-electron chi connectivity index (χ4n) is 2.18. The number of benzene rings is 2. The zero-order valence-corrected chi connectivity index (χ0v) is 13.4. The SMILES string of the molecule is Cc1cc(C(=O)O)ccc1-c1cccc(N(C)S(C)(=O)=O)c1. The van der Waals surface area contributed by atoms with Gasteiger partial charge in [0.2, 0.25) is 10.0 Å². The molecule has 0 aromatic heterocycles. The molecule has 0 saturated heterocycles. The summed E-state index contributed by atoms with van der Waals surface area (Å²) in [4.78, 5) is 11.0. The number of aromatic carboxylic acids is 1. The maximum absolute atomic E-state index is 11.6. The molecule has 0 aliphatic heterocycles. The average Bonchev–Trinajstić information content (AvgIpc) is 2.45. The third kappa shape index (κ3) is 3.28. The van der Waals surface area contributed by atoms with E-state index in [4.69, 9.17) is 5.11 Å². The van der Waals surface area contributed by atoms with E-state index < -0.39 is 16.0 Å². The molecular formula is C16H17NO4S. The van der Waals surface area contributed by atoms with E-state index in [2.05, 4.69) is 0 Å². The van der Waals surface area contributed by atoms with Crippen LogP contribution in [0, 0.1) is 6.92 Å². The lowest BCUT2D eigenvalue weighted by Gasteiger charge is -2.18. The van der Waals surface area contributed by atoms with E-state index in [9.17, 15) is 13.2 Å². The van der Waals surface area contributed by atoms with Crippen molar-refractivity contribution < 1.29 is 18.3 Å². The van der Waals surface area contributed by atoms with Crippen molar-refractivity contribution in [2.24, 2.45) is 0 Å². The Balaban J connectivity index is 2.49. The van der Waals surface area contributed by atoms with Crippen LogP contribution in [-0.4, -0.2) is 32.8 Å². The van der Waals surface area contributed by atoms with Crippen LogP contribution in [0.4, 0.5) is 5.69 Å². The Morgan fingerprint density at radius 2 is 1.82 bits per heavy atom. The highest BCUT2D eigenvalue weighted by molar-refractivity contribution is 7.92. The summed E-state index contributed by atoms with van der Waals surface area (Å²) in [7, 11) is -1.83. The van der Waals surface area contributed by atoms with Gasteiger partial charge in [-0.2, -0.15) is 0 Å². The molecule has 2 aromatic carbocycles. The number of rotatable bonds is 4. The van der Waals surface area contributed by atoms with Gasteiger partial charge in [0.25, 0.3) is 0 Å². The smallest absolute Gasteiger partial charge is 0.335 e. The fourth-order valence-corrected chi connectivity index (χ4v) is 2.68. The Hall–Kier alpha value is -2.34. The van der Waals surface area contributed by atoms with Crippen molar-refractivity contribution in [3.63, 3.8) is 0 Å². The van der Waals surface area contributed by atoms with Gasteiger partial charge in [-0.15, -0.1) is 0 Å². The number of aryl methyl sites for hydroxylation is 1. The van der Waals surface area contributed by atoms with Gasteiger partial charge in [0.1, 0.15) is 0 Å². The van der Waals surface area contributed by atoms with Crippen molar-refractivity contribution in [3.05, 3.63) is 53.6 Å². The van der Waals surface area contributed by atoms with Crippen LogP contribution in [0.25, 0.3) is 11.1 Å². The van der Waals surface area contributed by atoms with E-state index in [1.807, 2.05) is 13.0 Å². The van der Waals surface area contributed by atoms with Gasteiger partial charge in [-0.05, 0) is 47.9 Å². The highest BCUT2D eigenvalue weighted by atomic mass is 32.2. The summed E-state index contributed by atoms with van der Waals surface area (Å²) >= 11 is 0. The third-order valence-corrected chi connectivity index (χ3v) is 4.70. The van der Waals surface area contributed by atoms with Gasteiger partial charge in [-0.1, -0.05) is 18.2 Å². The van der Waals surface area contributed by atoms with E-state index in [1.54, 1.807) is 30.3 Å². The minimum atomic E-state index is -3.33. The Morgan fingerprint density at radius 1 is 1.14 bits per heavy atom. The maximum atomic E-state index is 11.6. The van der Waals surface area contributed by atoms with E-state index >= 15 is 0 Å². The molecule has 0 fully saturated rings. The molecule has 0 aliphatic rings. The number of sulfonamides is 1. The largest absolute Gasteiger partial charge is 0.478 e. The van der Waals surface area contributed by atoms with Crippen molar-refractivity contribution >= 4 is 21.7 Å². The van der Waals surface area contributed by atoms with Gasteiger partial charge in [0.15, 0.2) is 0 Å². The normalized spacial score (nSPS) is 11.2. The molecule has 1 N–H and O–H groups in total. The molecular weight excluding hydrogens is 302 g/mol. The van der Waals surface area contributed by atoms with Gasteiger partial charge >= 0.3 is 5.97 Å². The number of carbonyl (C=O) groups is 1. The van der Waals surface area contributed by atoms with Crippen molar-refractivity contribution in [2.75, 3.05) is 17.6 Å². The fraction of sp³-hybridized carbons (Fsp3) is 0.188. The predicted octanol–water partition coefficient (Wildman–Crippen LogP) is 2.76. The minimum Gasteiger partial charge on any atom is -0.478 e. The number of carboxylic acids is 1. The molecule has 116 valence electrons. The van der Waals surface area contributed by atoms with Crippen LogP contribution in [0.2, 0.25) is 0 Å². The van der Waals surface area contributed by atoms with Gasteiger partial charge in [0, 0.05) is 7.05 Å². The molecule has 0 heterocycles. The van der Waals surface area contributed by atoms with Crippen LogP contribution >= 0.6 is 0 Å². The highest BCUT2D eigenvalue weighted by Gasteiger charge is 2.13. The summed E-state index contributed by atoms with van der Waals surface area (Å²) in [6.07, 6.45) is 1.15. The van der Waals surface area contributed by atoms with Crippen LogP contribution in [-0.2, 0) is 10.0 Å². The maximum Gasteiger partial charge on any atom is 0.335 e. The summed E-state index contributed by atoms with van der Waals surface area (Å²) in [6.45, 7) is 1.83. The first-order valence-electron chi connectivity index (χ1n) is 6.58. The molecule has 0 amide bonds. The van der Waals surface area contributed by atoms with Crippen molar-refractivity contribution in [1.82, 2.24) is 0 Å². The molecule has 0 saturated carbocycles. The lowest BCUT2D eigenvalue weighted by Crippen LogP contribution is -2.24. The molecule has 0 aliphatic carbocycles. The van der Waals surface area contributed by atoms with Crippen molar-refractivity contribution in [3.8, 4) is 11.1 Å². The lowest BCUT2D eigenvalue weighted by molar-refractivity contribution is 0.0697. The molecule has 0 spiro atoms. The van der Waals surface area contributed by atoms with E-state index in [0.717, 1.165) is 22.9 Å². The van der Waals surface area contributed by atoms with Gasteiger partial charge in [-0.25, -0.2) is 13.2 Å². The quantitative estimate of drug-likeness (QED) is 0.940. The molecule has 0 radical (unpaired) electrons. The summed E-state index contributed by atoms with van der Waals surface area (Å²) in [5.74, 6) is -0.972. The molecule has 5 nitrogen and oxygen atoms in total. The average molecular weight is 319 g/mol. The van der Waals surface area contributed by atoms with E-state index in [-0.39, 0.29) is 5.56 Å². The lowest BCUT2D eigenvalue weighted by atomic mass is 9.98. The molecule has 0 atom stereocenters. The van der Waals surface area contributed by atoms with E-state index in [1.165, 1.54) is 17.4 Å². The standard InChI is InChI=1S/C16H17NO4S/c1-11-9-13(16(18)19)7-8-15(11)12-5-4-6-14(10-12)17(2)22(3,20)21/h4-10H,1-3H3,(H,18,19). The Morgan fingerprint density at radius 3 is 2.36 bits per heavy atom. The number of anilines is 1. The van der Waals surface area contributed by atoms with Crippen LogP contribution in [0.3, 0.4) is 0 Å². The summed E-state index contributed by atoms with van der Waals surface area (Å²) in [5.41, 5.74) is 3.31. The first-order valence-corrected chi connectivity index (χ1v) is 8.43. The topological polar surface area (TPSA) is 74.7 Å². The van der Waals surface area contributed by atoms with Gasteiger partial charge < -0.3 is 5.11 Å². The Kier molecular flexibility index (Phi) is 4.23. The van der Waals surface area contributed by atoms with Gasteiger partial charge in [0.05, 0.1) is 17.5 Å².